The van der Waals surface area contributed by atoms with Crippen molar-refractivity contribution in [3.63, 3.8) is 0 Å². The molecule has 0 saturated carbocycles. The van der Waals surface area contributed by atoms with Crippen LogP contribution in [-0.2, 0) is 0 Å². The average molecular weight is 270 g/mol. The molecular formula is C13H16F2N2S. The van der Waals surface area contributed by atoms with Gasteiger partial charge >= 0.3 is 0 Å². The summed E-state index contributed by atoms with van der Waals surface area (Å²) < 4.78 is 27.1. The Labute approximate surface area is 111 Å². The summed E-state index contributed by atoms with van der Waals surface area (Å²) in [6.07, 6.45) is 0. The molecule has 0 amide bonds. The lowest BCUT2D eigenvalue weighted by Gasteiger charge is -2.17. The van der Waals surface area contributed by atoms with Crippen molar-refractivity contribution < 1.29 is 8.78 Å². The molecule has 0 aliphatic carbocycles. The van der Waals surface area contributed by atoms with Crippen molar-refractivity contribution in [2.75, 3.05) is 25.4 Å². The predicted molar refractivity (Wildman–Crippen MR) is 69.6 cm³/mol. The molecule has 0 aliphatic rings. The van der Waals surface area contributed by atoms with Crippen molar-refractivity contribution in [1.29, 1.82) is 5.26 Å². The van der Waals surface area contributed by atoms with Crippen LogP contribution in [0.1, 0.15) is 19.4 Å². The number of nitrogens with zero attached hydrogens (tertiary/aromatic N) is 2. The first kappa shape index (κ1) is 14.9. The van der Waals surface area contributed by atoms with Gasteiger partial charge in [0.15, 0.2) is 0 Å². The molecule has 0 bridgehead atoms. The Kier molecular flexibility index (Phi) is 6.10. The van der Waals surface area contributed by atoms with Gasteiger partial charge in [0.25, 0.3) is 0 Å². The van der Waals surface area contributed by atoms with Gasteiger partial charge < -0.3 is 4.90 Å². The Bertz CT molecular complexity index is 416. The van der Waals surface area contributed by atoms with E-state index >= 15 is 0 Å². The van der Waals surface area contributed by atoms with Crippen LogP contribution in [0.15, 0.2) is 17.0 Å². The number of hydrogen-bond acceptors (Lipinski definition) is 3. The molecule has 1 rings (SSSR count). The first-order valence-corrected chi connectivity index (χ1v) is 6.85. The highest BCUT2D eigenvalue weighted by atomic mass is 32.2. The quantitative estimate of drug-likeness (QED) is 0.742. The van der Waals surface area contributed by atoms with E-state index in [0.29, 0.717) is 5.75 Å². The van der Waals surface area contributed by atoms with Crippen molar-refractivity contribution >= 4 is 11.8 Å². The normalized spacial score (nSPS) is 10.7. The number of benzene rings is 1. The fourth-order valence-corrected chi connectivity index (χ4v) is 2.53. The molecule has 0 N–H and O–H groups in total. The van der Waals surface area contributed by atoms with Gasteiger partial charge in [-0.05, 0) is 25.2 Å². The van der Waals surface area contributed by atoms with Gasteiger partial charge in [-0.2, -0.15) is 5.26 Å². The molecule has 18 heavy (non-hydrogen) atoms. The molecule has 1 aromatic rings. The predicted octanol–water partition coefficient (Wildman–Crippen LogP) is 3.27. The van der Waals surface area contributed by atoms with Crippen LogP contribution in [-0.4, -0.2) is 30.3 Å². The number of nitriles is 1. The Hall–Kier alpha value is -1.12. The number of hydrogen-bond donors (Lipinski definition) is 0. The van der Waals surface area contributed by atoms with Crippen molar-refractivity contribution in [2.45, 2.75) is 18.7 Å². The van der Waals surface area contributed by atoms with E-state index in [1.54, 1.807) is 6.07 Å². The summed E-state index contributed by atoms with van der Waals surface area (Å²) in [5.74, 6) is -0.686. The molecule has 0 radical (unpaired) electrons. The largest absolute Gasteiger partial charge is 0.303 e. The van der Waals surface area contributed by atoms with Crippen LogP contribution in [0.25, 0.3) is 0 Å². The third-order valence-electron chi connectivity index (χ3n) is 2.68. The molecule has 1 aromatic carbocycles. The number of thioether (sulfide) groups is 1. The van der Waals surface area contributed by atoms with Gasteiger partial charge in [-0.1, -0.05) is 13.8 Å². The van der Waals surface area contributed by atoms with Crippen LogP contribution in [0.4, 0.5) is 8.78 Å². The topological polar surface area (TPSA) is 27.0 Å². The highest BCUT2D eigenvalue weighted by Crippen LogP contribution is 2.26. The molecule has 98 valence electrons. The first-order chi connectivity index (χ1) is 8.62. The zero-order chi connectivity index (χ0) is 13.5. The molecule has 0 aromatic heterocycles. The van der Waals surface area contributed by atoms with E-state index in [1.807, 2.05) is 0 Å². The van der Waals surface area contributed by atoms with Crippen molar-refractivity contribution in [1.82, 2.24) is 4.90 Å². The van der Waals surface area contributed by atoms with E-state index in [2.05, 4.69) is 18.7 Å². The van der Waals surface area contributed by atoms with Gasteiger partial charge in [-0.3, -0.25) is 0 Å². The lowest BCUT2D eigenvalue weighted by atomic mass is 10.2. The standard InChI is InChI=1S/C13H16F2N2S/c1-3-17(4-2)5-6-18-13-11(14)7-10(9-16)8-12(13)15/h7-8H,3-6H2,1-2H3. The number of halogens is 2. The van der Waals surface area contributed by atoms with Crippen molar-refractivity contribution in [3.8, 4) is 6.07 Å². The first-order valence-electron chi connectivity index (χ1n) is 5.86. The van der Waals surface area contributed by atoms with Gasteiger partial charge in [0, 0.05) is 12.3 Å². The fraction of sp³-hybridized carbons (Fsp3) is 0.462. The zero-order valence-corrected chi connectivity index (χ0v) is 11.4. The fourth-order valence-electron chi connectivity index (χ4n) is 1.58. The summed E-state index contributed by atoms with van der Waals surface area (Å²) in [5, 5.41) is 8.59. The smallest absolute Gasteiger partial charge is 0.141 e. The van der Waals surface area contributed by atoms with Crippen LogP contribution >= 0.6 is 11.8 Å². The van der Waals surface area contributed by atoms with Gasteiger partial charge in [0.2, 0.25) is 0 Å². The van der Waals surface area contributed by atoms with Gasteiger partial charge in [0.05, 0.1) is 16.5 Å². The molecule has 0 spiro atoms. The molecule has 5 heteroatoms. The SMILES string of the molecule is CCN(CC)CCSc1c(F)cc(C#N)cc1F. The van der Waals surface area contributed by atoms with E-state index < -0.39 is 11.6 Å². The van der Waals surface area contributed by atoms with Crippen LogP contribution < -0.4 is 0 Å². The molecule has 0 atom stereocenters. The minimum Gasteiger partial charge on any atom is -0.303 e. The van der Waals surface area contributed by atoms with E-state index in [9.17, 15) is 8.78 Å². The third-order valence-corrected chi connectivity index (χ3v) is 3.74. The second kappa shape index (κ2) is 7.34. The van der Waals surface area contributed by atoms with Crippen LogP contribution in [0.2, 0.25) is 0 Å². The maximum absolute atomic E-state index is 13.6. The highest BCUT2D eigenvalue weighted by molar-refractivity contribution is 7.99. The summed E-state index contributed by atoms with van der Waals surface area (Å²) in [4.78, 5) is 2.19. The molecule has 0 fully saturated rings. The van der Waals surface area contributed by atoms with Crippen molar-refractivity contribution in [3.05, 3.63) is 29.3 Å². The molecule has 0 unspecified atom stereocenters. The van der Waals surface area contributed by atoms with E-state index in [4.69, 9.17) is 5.26 Å². The summed E-state index contributed by atoms with van der Waals surface area (Å²) in [5.41, 5.74) is 0.0121. The second-order valence-electron chi connectivity index (χ2n) is 3.76. The molecule has 0 heterocycles. The lowest BCUT2D eigenvalue weighted by Crippen LogP contribution is -2.25. The maximum atomic E-state index is 13.6. The summed E-state index contributed by atoms with van der Waals surface area (Å²) >= 11 is 1.15. The van der Waals surface area contributed by atoms with E-state index in [0.717, 1.165) is 43.5 Å². The molecule has 0 saturated heterocycles. The van der Waals surface area contributed by atoms with Gasteiger partial charge in [-0.15, -0.1) is 11.8 Å². The molecule has 0 aliphatic heterocycles. The summed E-state index contributed by atoms with van der Waals surface area (Å²) in [6.45, 7) is 6.75. The number of rotatable bonds is 6. The average Bonchev–Trinajstić information content (AvgIpc) is 2.37. The van der Waals surface area contributed by atoms with Crippen molar-refractivity contribution in [2.24, 2.45) is 0 Å². The Morgan fingerprint density at radius 1 is 1.22 bits per heavy atom. The summed E-state index contributed by atoms with van der Waals surface area (Å²) in [7, 11) is 0. The molecule has 2 nitrogen and oxygen atoms in total. The Morgan fingerprint density at radius 2 is 1.78 bits per heavy atom. The second-order valence-corrected chi connectivity index (χ2v) is 4.86. The zero-order valence-electron chi connectivity index (χ0n) is 10.5. The molecular weight excluding hydrogens is 254 g/mol. The van der Waals surface area contributed by atoms with Gasteiger partial charge in [0.1, 0.15) is 11.6 Å². The Morgan fingerprint density at radius 3 is 2.22 bits per heavy atom. The van der Waals surface area contributed by atoms with Gasteiger partial charge in [-0.25, -0.2) is 8.78 Å². The monoisotopic (exact) mass is 270 g/mol. The lowest BCUT2D eigenvalue weighted by molar-refractivity contribution is 0.324. The van der Waals surface area contributed by atoms with E-state index in [-0.39, 0.29) is 10.5 Å². The minimum atomic E-state index is -0.656. The highest BCUT2D eigenvalue weighted by Gasteiger charge is 2.12. The van der Waals surface area contributed by atoms with E-state index in [1.165, 1.54) is 0 Å². The Balaban J connectivity index is 2.66. The van der Waals surface area contributed by atoms with Crippen LogP contribution in [0.3, 0.4) is 0 Å². The van der Waals surface area contributed by atoms with Crippen LogP contribution in [0.5, 0.6) is 0 Å². The minimum absolute atomic E-state index is 0.00107. The van der Waals surface area contributed by atoms with Crippen LogP contribution in [0, 0.1) is 23.0 Å². The summed E-state index contributed by atoms with van der Waals surface area (Å²) in [6, 6.07) is 3.88. The third kappa shape index (κ3) is 3.97. The maximum Gasteiger partial charge on any atom is 0.141 e.